The summed E-state index contributed by atoms with van der Waals surface area (Å²) in [6.45, 7) is 6.51. The molecule has 15 heavy (non-hydrogen) atoms. The lowest BCUT2D eigenvalue weighted by Gasteiger charge is -2.17. The quantitative estimate of drug-likeness (QED) is 0.740. The second kappa shape index (κ2) is 3.35. The highest BCUT2D eigenvalue weighted by molar-refractivity contribution is 7.15. The highest BCUT2D eigenvalue weighted by Gasteiger charge is 2.20. The van der Waals surface area contributed by atoms with Crippen molar-refractivity contribution in [3.63, 3.8) is 0 Å². The Labute approximate surface area is 93.0 Å². The molecule has 2 aromatic rings. The molecule has 78 valence electrons. The van der Waals surface area contributed by atoms with Gasteiger partial charge in [0.15, 0.2) is 4.96 Å². The van der Waals surface area contributed by atoms with Crippen LogP contribution in [-0.2, 0) is 11.8 Å². The molecule has 2 heterocycles. The van der Waals surface area contributed by atoms with Crippen LogP contribution in [0.1, 0.15) is 32.2 Å². The third-order valence-electron chi connectivity index (χ3n) is 2.35. The van der Waals surface area contributed by atoms with Crippen LogP contribution in [0.5, 0.6) is 0 Å². The van der Waals surface area contributed by atoms with Gasteiger partial charge in [-0.3, -0.25) is 4.40 Å². The maximum Gasteiger partial charge on any atom is 0.194 e. The lowest BCUT2D eigenvalue weighted by atomic mass is 9.93. The first kappa shape index (κ1) is 10.2. The summed E-state index contributed by atoms with van der Waals surface area (Å²) in [6.07, 6.45) is 2.21. The van der Waals surface area contributed by atoms with E-state index in [9.17, 15) is 0 Å². The standard InChI is InChI=1S/C11H13N3S/c1-11(2,3)9-7-15-10-13-6-8(4-5-12)14(9)10/h6-7H,4H2,1-3H3. The van der Waals surface area contributed by atoms with E-state index in [1.54, 1.807) is 17.5 Å². The molecule has 3 nitrogen and oxygen atoms in total. The van der Waals surface area contributed by atoms with Gasteiger partial charge in [-0.25, -0.2) is 4.98 Å². The number of fused-ring (bicyclic) bond motifs is 1. The van der Waals surface area contributed by atoms with Crippen LogP contribution < -0.4 is 0 Å². The Morgan fingerprint density at radius 2 is 2.27 bits per heavy atom. The number of nitrogens with zero attached hydrogens (tertiary/aromatic N) is 3. The molecule has 0 N–H and O–H groups in total. The van der Waals surface area contributed by atoms with Gasteiger partial charge in [0, 0.05) is 16.5 Å². The molecule has 0 bridgehead atoms. The molecule has 0 radical (unpaired) electrons. The fourth-order valence-electron chi connectivity index (χ4n) is 1.59. The van der Waals surface area contributed by atoms with Gasteiger partial charge in [-0.05, 0) is 0 Å². The number of imidazole rings is 1. The monoisotopic (exact) mass is 219 g/mol. The Balaban J connectivity index is 2.66. The number of nitriles is 1. The number of hydrogen-bond acceptors (Lipinski definition) is 3. The van der Waals surface area contributed by atoms with Crippen LogP contribution in [-0.4, -0.2) is 9.38 Å². The zero-order chi connectivity index (χ0) is 11.1. The highest BCUT2D eigenvalue weighted by Crippen LogP contribution is 2.28. The summed E-state index contributed by atoms with van der Waals surface area (Å²) in [5.41, 5.74) is 2.30. The fourth-order valence-corrected chi connectivity index (χ4v) is 2.70. The van der Waals surface area contributed by atoms with Gasteiger partial charge >= 0.3 is 0 Å². The molecule has 2 aromatic heterocycles. The van der Waals surface area contributed by atoms with Crippen molar-refractivity contribution in [3.05, 3.63) is 23.0 Å². The van der Waals surface area contributed by atoms with Crippen LogP contribution in [0.4, 0.5) is 0 Å². The average Bonchev–Trinajstić information content (AvgIpc) is 2.66. The molecule has 0 atom stereocenters. The van der Waals surface area contributed by atoms with Gasteiger partial charge < -0.3 is 0 Å². The number of hydrogen-bond donors (Lipinski definition) is 0. The Bertz CT molecular complexity index is 522. The first-order chi connectivity index (χ1) is 7.04. The van der Waals surface area contributed by atoms with E-state index in [0.717, 1.165) is 10.7 Å². The van der Waals surface area contributed by atoms with Crippen molar-refractivity contribution in [2.24, 2.45) is 0 Å². The zero-order valence-corrected chi connectivity index (χ0v) is 9.93. The van der Waals surface area contributed by atoms with E-state index in [1.165, 1.54) is 5.69 Å². The van der Waals surface area contributed by atoms with Gasteiger partial charge in [0.05, 0.1) is 24.4 Å². The average molecular weight is 219 g/mol. The normalized spacial score (nSPS) is 11.9. The molecule has 2 rings (SSSR count). The van der Waals surface area contributed by atoms with Crippen molar-refractivity contribution in [3.8, 4) is 6.07 Å². The lowest BCUT2D eigenvalue weighted by molar-refractivity contribution is 0.562. The zero-order valence-electron chi connectivity index (χ0n) is 9.11. The molecule has 0 aliphatic heterocycles. The Morgan fingerprint density at radius 3 is 2.87 bits per heavy atom. The Morgan fingerprint density at radius 1 is 1.53 bits per heavy atom. The number of aromatic nitrogens is 2. The third-order valence-corrected chi connectivity index (χ3v) is 3.19. The molecule has 0 spiro atoms. The SMILES string of the molecule is CC(C)(C)c1csc2ncc(CC#N)n12. The van der Waals surface area contributed by atoms with E-state index in [4.69, 9.17) is 5.26 Å². The molecule has 0 unspecified atom stereocenters. The second-order valence-electron chi connectivity index (χ2n) is 4.57. The fraction of sp³-hybridized carbons (Fsp3) is 0.455. The van der Waals surface area contributed by atoms with Crippen molar-refractivity contribution >= 4 is 16.3 Å². The predicted octanol–water partition coefficient (Wildman–Crippen LogP) is 2.76. The molecule has 4 heteroatoms. The van der Waals surface area contributed by atoms with E-state index in [0.29, 0.717) is 6.42 Å². The minimum atomic E-state index is 0.0865. The number of rotatable bonds is 1. The van der Waals surface area contributed by atoms with Crippen molar-refractivity contribution < 1.29 is 0 Å². The minimum absolute atomic E-state index is 0.0865. The van der Waals surface area contributed by atoms with E-state index in [-0.39, 0.29) is 5.41 Å². The first-order valence-electron chi connectivity index (χ1n) is 4.85. The van der Waals surface area contributed by atoms with Gasteiger partial charge in [0.25, 0.3) is 0 Å². The maximum atomic E-state index is 8.74. The van der Waals surface area contributed by atoms with Gasteiger partial charge in [-0.15, -0.1) is 11.3 Å². The summed E-state index contributed by atoms with van der Waals surface area (Å²) in [6, 6.07) is 2.17. The van der Waals surface area contributed by atoms with E-state index in [1.807, 2.05) is 0 Å². The molecule has 0 fully saturated rings. The smallest absolute Gasteiger partial charge is 0.194 e. The molecule has 0 aliphatic carbocycles. The molecule has 0 amide bonds. The van der Waals surface area contributed by atoms with Crippen LogP contribution in [0, 0.1) is 11.3 Å². The van der Waals surface area contributed by atoms with Crippen LogP contribution in [0.15, 0.2) is 11.6 Å². The van der Waals surface area contributed by atoms with Crippen molar-refractivity contribution in [2.45, 2.75) is 32.6 Å². The third kappa shape index (κ3) is 1.64. The van der Waals surface area contributed by atoms with Gasteiger partial charge in [-0.2, -0.15) is 5.26 Å². The topological polar surface area (TPSA) is 41.1 Å². The van der Waals surface area contributed by atoms with Crippen molar-refractivity contribution in [2.75, 3.05) is 0 Å². The summed E-state index contributed by atoms with van der Waals surface area (Å²) in [5, 5.41) is 10.9. The Hall–Kier alpha value is -1.34. The van der Waals surface area contributed by atoms with Crippen LogP contribution in [0.25, 0.3) is 4.96 Å². The van der Waals surface area contributed by atoms with E-state index in [2.05, 4.69) is 41.6 Å². The highest BCUT2D eigenvalue weighted by atomic mass is 32.1. The second-order valence-corrected chi connectivity index (χ2v) is 5.41. The summed E-state index contributed by atoms with van der Waals surface area (Å²) in [7, 11) is 0. The predicted molar refractivity (Wildman–Crippen MR) is 61.1 cm³/mol. The van der Waals surface area contributed by atoms with Crippen molar-refractivity contribution in [1.82, 2.24) is 9.38 Å². The molecule has 0 aromatic carbocycles. The van der Waals surface area contributed by atoms with Crippen LogP contribution in [0.3, 0.4) is 0 Å². The molecule has 0 saturated heterocycles. The molecule has 0 aliphatic rings. The van der Waals surface area contributed by atoms with Crippen molar-refractivity contribution in [1.29, 1.82) is 5.26 Å². The van der Waals surface area contributed by atoms with Crippen LogP contribution in [0.2, 0.25) is 0 Å². The lowest BCUT2D eigenvalue weighted by Crippen LogP contribution is -2.14. The summed E-state index contributed by atoms with van der Waals surface area (Å²) >= 11 is 1.63. The summed E-state index contributed by atoms with van der Waals surface area (Å²) < 4.78 is 2.11. The van der Waals surface area contributed by atoms with E-state index < -0.39 is 0 Å². The van der Waals surface area contributed by atoms with Gasteiger partial charge in [-0.1, -0.05) is 20.8 Å². The molecular weight excluding hydrogens is 206 g/mol. The first-order valence-corrected chi connectivity index (χ1v) is 5.73. The molecular formula is C11H13N3S. The van der Waals surface area contributed by atoms with Crippen LogP contribution >= 0.6 is 11.3 Å². The summed E-state index contributed by atoms with van der Waals surface area (Å²) in [5.74, 6) is 0. The molecule has 0 saturated carbocycles. The number of thiazole rings is 1. The van der Waals surface area contributed by atoms with Gasteiger partial charge in [0.2, 0.25) is 0 Å². The van der Waals surface area contributed by atoms with Gasteiger partial charge in [0.1, 0.15) is 0 Å². The van der Waals surface area contributed by atoms with E-state index >= 15 is 0 Å². The summed E-state index contributed by atoms with van der Waals surface area (Å²) in [4.78, 5) is 5.28. The Kier molecular flexibility index (Phi) is 2.28. The minimum Gasteiger partial charge on any atom is -0.290 e. The largest absolute Gasteiger partial charge is 0.290 e. The maximum absolute atomic E-state index is 8.74.